The molecular weight excluding hydrogens is 487 g/mol. The van der Waals surface area contributed by atoms with E-state index in [9.17, 15) is 0 Å². The van der Waals surface area contributed by atoms with Gasteiger partial charge in [-0.3, -0.25) is 0 Å². The first-order valence-electron chi connectivity index (χ1n) is 14.1. The van der Waals surface area contributed by atoms with E-state index in [1.54, 1.807) is 0 Å². The second-order valence-electron chi connectivity index (χ2n) is 11.8. The summed E-state index contributed by atoms with van der Waals surface area (Å²) >= 11 is 0. The fourth-order valence-corrected chi connectivity index (χ4v) is 7.55. The Kier molecular flexibility index (Phi) is 4.15. The summed E-state index contributed by atoms with van der Waals surface area (Å²) in [5.41, 5.74) is 15.7. The average Bonchev–Trinajstić information content (AvgIpc) is 3.36. The standard InChI is InChI=1S/C36H27BN2O/c1-22-20-26-24-15-11-17-28-33(24)39(29-18-9-8-16-27(29)36(28,2)3)37-32(26)30(21-22)38(23-12-5-4-6-13-23)34-25-14-7-10-19-31(25)40-35(34)37/h4-21H,1-3H3. The normalized spacial score (nSPS) is 15.4. The number of para-hydroxylation sites is 4. The quantitative estimate of drug-likeness (QED) is 0.207. The van der Waals surface area contributed by atoms with Crippen LogP contribution < -0.4 is 20.8 Å². The zero-order valence-corrected chi connectivity index (χ0v) is 22.8. The van der Waals surface area contributed by atoms with Crippen LogP contribution >= 0.6 is 0 Å². The summed E-state index contributed by atoms with van der Waals surface area (Å²) in [7, 11) is 0. The van der Waals surface area contributed by atoms with Gasteiger partial charge in [-0.15, -0.1) is 0 Å². The molecule has 0 bridgehead atoms. The van der Waals surface area contributed by atoms with Crippen molar-refractivity contribution in [3.8, 4) is 11.1 Å². The van der Waals surface area contributed by atoms with Crippen LogP contribution in [0.15, 0.2) is 114 Å². The molecule has 0 saturated heterocycles. The summed E-state index contributed by atoms with van der Waals surface area (Å²) in [5.74, 6) is 0. The molecule has 190 valence electrons. The van der Waals surface area contributed by atoms with Crippen LogP contribution in [0.4, 0.5) is 28.4 Å². The fourth-order valence-electron chi connectivity index (χ4n) is 7.55. The van der Waals surface area contributed by atoms with Crippen molar-refractivity contribution in [3.63, 3.8) is 0 Å². The Morgan fingerprint density at radius 2 is 1.43 bits per heavy atom. The van der Waals surface area contributed by atoms with E-state index in [1.807, 2.05) is 0 Å². The summed E-state index contributed by atoms with van der Waals surface area (Å²) in [6.07, 6.45) is 0. The summed E-state index contributed by atoms with van der Waals surface area (Å²) < 4.78 is 6.92. The minimum absolute atomic E-state index is 0.0844. The molecule has 3 aliphatic rings. The molecule has 0 atom stereocenters. The highest BCUT2D eigenvalue weighted by Gasteiger charge is 2.52. The molecule has 3 aliphatic heterocycles. The molecule has 0 radical (unpaired) electrons. The molecule has 9 rings (SSSR count). The van der Waals surface area contributed by atoms with E-state index in [1.165, 1.54) is 50.3 Å². The van der Waals surface area contributed by atoms with Crippen LogP contribution in [0.25, 0.3) is 22.1 Å². The Morgan fingerprint density at radius 1 is 0.675 bits per heavy atom. The van der Waals surface area contributed by atoms with Gasteiger partial charge < -0.3 is 14.1 Å². The van der Waals surface area contributed by atoms with Crippen molar-refractivity contribution in [1.82, 2.24) is 0 Å². The summed E-state index contributed by atoms with van der Waals surface area (Å²) in [5, 5.41) is 1.14. The largest absolute Gasteiger partial charge is 0.466 e. The lowest BCUT2D eigenvalue weighted by Crippen LogP contribution is -2.62. The van der Waals surface area contributed by atoms with E-state index in [4.69, 9.17) is 4.42 Å². The number of hydrogen-bond donors (Lipinski definition) is 0. The lowest BCUT2D eigenvalue weighted by atomic mass is 9.44. The van der Waals surface area contributed by atoms with E-state index in [-0.39, 0.29) is 12.3 Å². The average molecular weight is 514 g/mol. The van der Waals surface area contributed by atoms with Crippen molar-refractivity contribution in [1.29, 1.82) is 0 Å². The van der Waals surface area contributed by atoms with Crippen molar-refractivity contribution in [2.45, 2.75) is 26.2 Å². The number of rotatable bonds is 1. The Morgan fingerprint density at radius 3 is 2.30 bits per heavy atom. The van der Waals surface area contributed by atoms with Crippen LogP contribution in [0.5, 0.6) is 0 Å². The number of anilines is 5. The molecule has 0 N–H and O–H groups in total. The summed E-state index contributed by atoms with van der Waals surface area (Å²) in [4.78, 5) is 5.01. The molecule has 6 aromatic rings. The van der Waals surface area contributed by atoms with Gasteiger partial charge in [-0.2, -0.15) is 0 Å². The monoisotopic (exact) mass is 514 g/mol. The van der Waals surface area contributed by atoms with E-state index in [0.717, 1.165) is 28.0 Å². The number of benzene rings is 5. The van der Waals surface area contributed by atoms with Crippen molar-refractivity contribution in [3.05, 3.63) is 126 Å². The van der Waals surface area contributed by atoms with Crippen molar-refractivity contribution < 1.29 is 4.42 Å². The van der Waals surface area contributed by atoms with Gasteiger partial charge in [0, 0.05) is 39.1 Å². The molecule has 0 unspecified atom stereocenters. The SMILES string of the molecule is Cc1cc2c3c(c1)N(c1ccccc1)c1c(oc4ccccc14)B3N1c3ccccc3C(C)(C)c3cccc-2c31. The number of hydrogen-bond acceptors (Lipinski definition) is 3. The zero-order chi connectivity index (χ0) is 26.7. The predicted molar refractivity (Wildman–Crippen MR) is 167 cm³/mol. The zero-order valence-electron chi connectivity index (χ0n) is 22.8. The van der Waals surface area contributed by atoms with Gasteiger partial charge in [0.1, 0.15) is 11.2 Å². The van der Waals surface area contributed by atoms with Gasteiger partial charge in [0.05, 0.1) is 5.69 Å². The van der Waals surface area contributed by atoms with Crippen molar-refractivity contribution >= 4 is 57.4 Å². The maximum atomic E-state index is 6.92. The first-order valence-corrected chi connectivity index (χ1v) is 14.1. The molecular formula is C36H27BN2O. The third-order valence-electron chi connectivity index (χ3n) is 9.23. The molecule has 0 saturated carbocycles. The lowest BCUT2D eigenvalue weighted by Gasteiger charge is -2.50. The summed E-state index contributed by atoms with van der Waals surface area (Å²) in [6.45, 7) is 6.86. The lowest BCUT2D eigenvalue weighted by molar-refractivity contribution is 0.631. The fraction of sp³-hybridized carbons (Fsp3) is 0.111. The molecule has 5 aromatic carbocycles. The molecule has 1 aromatic heterocycles. The first-order chi connectivity index (χ1) is 19.5. The van der Waals surface area contributed by atoms with Crippen molar-refractivity contribution in [2.75, 3.05) is 9.71 Å². The highest BCUT2D eigenvalue weighted by Crippen LogP contribution is 2.56. The van der Waals surface area contributed by atoms with Crippen LogP contribution in [0.3, 0.4) is 0 Å². The first kappa shape index (κ1) is 22.2. The highest BCUT2D eigenvalue weighted by atomic mass is 16.3. The van der Waals surface area contributed by atoms with Gasteiger partial charge in [-0.1, -0.05) is 86.6 Å². The van der Waals surface area contributed by atoms with Gasteiger partial charge in [-0.05, 0) is 71.0 Å². The van der Waals surface area contributed by atoms with Crippen LogP contribution in [0.1, 0.15) is 30.5 Å². The number of fused-ring (bicyclic) bond motifs is 8. The third-order valence-corrected chi connectivity index (χ3v) is 9.23. The van der Waals surface area contributed by atoms with Gasteiger partial charge in [-0.25, -0.2) is 0 Å². The highest BCUT2D eigenvalue weighted by molar-refractivity contribution is 6.93. The number of nitrogens with zero attached hydrogens (tertiary/aromatic N) is 2. The smallest absolute Gasteiger partial charge is 0.375 e. The molecule has 0 amide bonds. The molecule has 4 heteroatoms. The minimum atomic E-state index is -0.121. The van der Waals surface area contributed by atoms with Crippen LogP contribution in [0.2, 0.25) is 0 Å². The number of aryl methyl sites for hydroxylation is 1. The van der Waals surface area contributed by atoms with Gasteiger partial charge in [0.15, 0.2) is 0 Å². The molecule has 3 nitrogen and oxygen atoms in total. The Hall–Kier alpha value is -4.70. The maximum absolute atomic E-state index is 6.92. The second kappa shape index (κ2) is 7.48. The van der Waals surface area contributed by atoms with E-state index >= 15 is 0 Å². The molecule has 0 spiro atoms. The Bertz CT molecular complexity index is 2020. The van der Waals surface area contributed by atoms with Crippen LogP contribution in [-0.4, -0.2) is 6.85 Å². The number of furan rings is 1. The Labute approximate surface area is 234 Å². The van der Waals surface area contributed by atoms with E-state index < -0.39 is 0 Å². The Balaban J connectivity index is 1.48. The van der Waals surface area contributed by atoms with Crippen molar-refractivity contribution in [2.24, 2.45) is 0 Å². The predicted octanol–water partition coefficient (Wildman–Crippen LogP) is 8.09. The molecule has 40 heavy (non-hydrogen) atoms. The topological polar surface area (TPSA) is 19.6 Å². The summed E-state index contributed by atoms with van der Waals surface area (Å²) in [6, 6.07) is 39.8. The maximum Gasteiger partial charge on any atom is 0.375 e. The molecule has 0 fully saturated rings. The van der Waals surface area contributed by atoms with Crippen LogP contribution in [0, 0.1) is 6.92 Å². The van der Waals surface area contributed by atoms with Crippen LogP contribution in [-0.2, 0) is 5.41 Å². The minimum Gasteiger partial charge on any atom is -0.466 e. The van der Waals surface area contributed by atoms with Gasteiger partial charge in [0.25, 0.3) is 0 Å². The second-order valence-corrected chi connectivity index (χ2v) is 11.8. The van der Waals surface area contributed by atoms with E-state index in [2.05, 4.69) is 140 Å². The third kappa shape index (κ3) is 2.61. The van der Waals surface area contributed by atoms with E-state index in [0.29, 0.717) is 0 Å². The molecule has 4 heterocycles. The van der Waals surface area contributed by atoms with Gasteiger partial charge >= 0.3 is 6.85 Å². The molecule has 0 aliphatic carbocycles. The van der Waals surface area contributed by atoms with Gasteiger partial charge in [0.2, 0.25) is 0 Å².